The van der Waals surface area contributed by atoms with Crippen molar-refractivity contribution in [3.8, 4) is 0 Å². The fraction of sp³-hybridized carbons (Fsp3) is 1.00. The van der Waals surface area contributed by atoms with Crippen molar-refractivity contribution in [3.63, 3.8) is 0 Å². The molecule has 0 aliphatic carbocycles. The highest BCUT2D eigenvalue weighted by Gasteiger charge is 2.22. The van der Waals surface area contributed by atoms with E-state index < -0.39 is 0 Å². The van der Waals surface area contributed by atoms with E-state index in [1.165, 1.54) is 83.5 Å². The molecule has 116 valence electrons. The van der Waals surface area contributed by atoms with Gasteiger partial charge in [-0.25, -0.2) is 0 Å². The van der Waals surface area contributed by atoms with Gasteiger partial charge in [-0.05, 0) is 24.8 Å². The molecule has 0 bridgehead atoms. The van der Waals surface area contributed by atoms with Crippen molar-refractivity contribution in [2.45, 2.75) is 104 Å². The Morgan fingerprint density at radius 2 is 0.947 bits per heavy atom. The summed E-state index contributed by atoms with van der Waals surface area (Å²) in [6.45, 7) is 7.98. The zero-order chi connectivity index (χ0) is 14.4. The first-order valence-electron chi connectivity index (χ1n) is 8.94. The van der Waals surface area contributed by atoms with E-state index in [1.807, 2.05) is 0 Å². The van der Waals surface area contributed by atoms with Crippen LogP contribution in [0.1, 0.15) is 104 Å². The minimum Gasteiger partial charge on any atom is -0.330 e. The molecule has 0 radical (unpaired) electrons. The highest BCUT2D eigenvalue weighted by atomic mass is 14.5. The summed E-state index contributed by atoms with van der Waals surface area (Å²) >= 11 is 0. The molecule has 19 heavy (non-hydrogen) atoms. The van der Waals surface area contributed by atoms with E-state index in [0.29, 0.717) is 5.41 Å². The summed E-state index contributed by atoms with van der Waals surface area (Å²) in [5.41, 5.74) is 6.15. The van der Waals surface area contributed by atoms with Gasteiger partial charge in [0.05, 0.1) is 0 Å². The zero-order valence-corrected chi connectivity index (χ0v) is 14.0. The topological polar surface area (TPSA) is 26.0 Å². The van der Waals surface area contributed by atoms with Crippen LogP contribution < -0.4 is 5.73 Å². The van der Waals surface area contributed by atoms with Gasteiger partial charge in [0, 0.05) is 0 Å². The summed E-state index contributed by atoms with van der Waals surface area (Å²) in [5.74, 6) is 0. The molecule has 0 fully saturated rings. The Morgan fingerprint density at radius 1 is 0.579 bits per heavy atom. The second-order valence-corrected chi connectivity index (χ2v) is 6.28. The molecule has 0 amide bonds. The molecule has 0 atom stereocenters. The third-order valence-corrected chi connectivity index (χ3v) is 5.16. The van der Waals surface area contributed by atoms with Crippen LogP contribution in [-0.2, 0) is 0 Å². The number of rotatable bonds is 14. The Kier molecular flexibility index (Phi) is 12.9. The van der Waals surface area contributed by atoms with Crippen molar-refractivity contribution in [3.05, 3.63) is 0 Å². The Morgan fingerprint density at radius 3 is 1.32 bits per heavy atom. The Hall–Kier alpha value is -0.0400. The van der Waals surface area contributed by atoms with Gasteiger partial charge >= 0.3 is 0 Å². The predicted molar refractivity (Wildman–Crippen MR) is 88.5 cm³/mol. The molecule has 1 heteroatoms. The van der Waals surface area contributed by atoms with Crippen molar-refractivity contribution < 1.29 is 0 Å². The number of unbranched alkanes of at least 4 members (excludes halogenated alkanes) is 8. The maximum atomic E-state index is 5.49. The summed E-state index contributed by atoms with van der Waals surface area (Å²) < 4.78 is 0. The molecule has 0 saturated carbocycles. The van der Waals surface area contributed by atoms with Crippen LogP contribution in [0.2, 0.25) is 0 Å². The first-order valence-corrected chi connectivity index (χ1v) is 8.94. The average Bonchev–Trinajstić information content (AvgIpc) is 2.46. The van der Waals surface area contributed by atoms with Gasteiger partial charge in [0.1, 0.15) is 0 Å². The minimum absolute atomic E-state index is 0.655. The summed E-state index contributed by atoms with van der Waals surface area (Å²) in [4.78, 5) is 0. The van der Waals surface area contributed by atoms with Gasteiger partial charge < -0.3 is 5.73 Å². The quantitative estimate of drug-likeness (QED) is 0.381. The highest BCUT2D eigenvalue weighted by Crippen LogP contribution is 2.36. The standard InChI is InChI=1S/C18H39N/c1-4-18(5-2,6-3)16-14-12-10-8-7-9-11-13-15-17-19/h4-17,19H2,1-3H3. The van der Waals surface area contributed by atoms with Crippen LogP contribution in [0.15, 0.2) is 0 Å². The Bertz CT molecular complexity index is 164. The second-order valence-electron chi connectivity index (χ2n) is 6.28. The second kappa shape index (κ2) is 13.0. The fourth-order valence-electron chi connectivity index (χ4n) is 3.16. The smallest absolute Gasteiger partial charge is 0.00773 e. The SMILES string of the molecule is CCC(CC)(CC)CCCCCCCCCCCN. The van der Waals surface area contributed by atoms with Crippen LogP contribution in [0.3, 0.4) is 0 Å². The Labute approximate surface area is 122 Å². The lowest BCUT2D eigenvalue weighted by Crippen LogP contribution is -2.17. The molecule has 0 heterocycles. The number of nitrogens with two attached hydrogens (primary N) is 1. The third kappa shape index (κ3) is 9.49. The van der Waals surface area contributed by atoms with E-state index in [0.717, 1.165) is 6.54 Å². The van der Waals surface area contributed by atoms with E-state index in [1.54, 1.807) is 0 Å². The van der Waals surface area contributed by atoms with Crippen molar-refractivity contribution in [1.29, 1.82) is 0 Å². The van der Waals surface area contributed by atoms with Gasteiger partial charge in [-0.2, -0.15) is 0 Å². The fourth-order valence-corrected chi connectivity index (χ4v) is 3.16. The maximum absolute atomic E-state index is 5.49. The van der Waals surface area contributed by atoms with Gasteiger partial charge in [0.25, 0.3) is 0 Å². The lowest BCUT2D eigenvalue weighted by atomic mass is 9.75. The van der Waals surface area contributed by atoms with Crippen LogP contribution in [0.5, 0.6) is 0 Å². The van der Waals surface area contributed by atoms with E-state index in [-0.39, 0.29) is 0 Å². The number of hydrogen-bond acceptors (Lipinski definition) is 1. The van der Waals surface area contributed by atoms with Crippen molar-refractivity contribution >= 4 is 0 Å². The van der Waals surface area contributed by atoms with Crippen molar-refractivity contribution in [1.82, 2.24) is 0 Å². The van der Waals surface area contributed by atoms with Crippen LogP contribution in [0.25, 0.3) is 0 Å². The summed E-state index contributed by atoms with van der Waals surface area (Å²) in [7, 11) is 0. The highest BCUT2D eigenvalue weighted by molar-refractivity contribution is 4.74. The Balaban J connectivity index is 3.35. The number of hydrogen-bond donors (Lipinski definition) is 1. The molecule has 0 aliphatic rings. The first-order chi connectivity index (χ1) is 9.24. The predicted octanol–water partition coefficient (Wildman–Crippen LogP) is 6.06. The molecule has 0 saturated heterocycles. The van der Waals surface area contributed by atoms with E-state index >= 15 is 0 Å². The summed E-state index contributed by atoms with van der Waals surface area (Å²) in [5, 5.41) is 0. The van der Waals surface area contributed by atoms with Crippen LogP contribution >= 0.6 is 0 Å². The summed E-state index contributed by atoms with van der Waals surface area (Å²) in [6.07, 6.45) is 18.1. The molecule has 0 aromatic rings. The molecule has 0 aromatic heterocycles. The van der Waals surface area contributed by atoms with Crippen molar-refractivity contribution in [2.75, 3.05) is 6.54 Å². The molecule has 0 aliphatic heterocycles. The lowest BCUT2D eigenvalue weighted by Gasteiger charge is -2.30. The third-order valence-electron chi connectivity index (χ3n) is 5.16. The van der Waals surface area contributed by atoms with Gasteiger partial charge in [-0.3, -0.25) is 0 Å². The average molecular weight is 270 g/mol. The normalized spacial score (nSPS) is 12.0. The summed E-state index contributed by atoms with van der Waals surface area (Å²) in [6, 6.07) is 0. The van der Waals surface area contributed by atoms with E-state index in [2.05, 4.69) is 20.8 Å². The van der Waals surface area contributed by atoms with Gasteiger partial charge in [0.15, 0.2) is 0 Å². The molecule has 2 N–H and O–H groups in total. The van der Waals surface area contributed by atoms with E-state index in [4.69, 9.17) is 5.73 Å². The first kappa shape index (κ1) is 19.0. The van der Waals surface area contributed by atoms with Crippen molar-refractivity contribution in [2.24, 2.45) is 11.1 Å². The molecule has 1 nitrogen and oxygen atoms in total. The molecular weight excluding hydrogens is 230 g/mol. The van der Waals surface area contributed by atoms with Crippen LogP contribution in [0, 0.1) is 5.41 Å². The van der Waals surface area contributed by atoms with Gasteiger partial charge in [-0.1, -0.05) is 91.4 Å². The maximum Gasteiger partial charge on any atom is -0.00773 e. The molecule has 0 unspecified atom stereocenters. The largest absolute Gasteiger partial charge is 0.330 e. The minimum atomic E-state index is 0.655. The zero-order valence-electron chi connectivity index (χ0n) is 14.0. The van der Waals surface area contributed by atoms with Crippen LogP contribution in [0.4, 0.5) is 0 Å². The molecule has 0 rings (SSSR count). The van der Waals surface area contributed by atoms with Gasteiger partial charge in [0.2, 0.25) is 0 Å². The molecule has 0 spiro atoms. The van der Waals surface area contributed by atoms with Gasteiger partial charge in [-0.15, -0.1) is 0 Å². The lowest BCUT2D eigenvalue weighted by molar-refractivity contribution is 0.220. The molecule has 0 aromatic carbocycles. The van der Waals surface area contributed by atoms with E-state index in [9.17, 15) is 0 Å². The monoisotopic (exact) mass is 269 g/mol. The van der Waals surface area contributed by atoms with Crippen LogP contribution in [-0.4, -0.2) is 6.54 Å². The molecular formula is C18H39N.